The number of H-pyrrole nitrogens is 1. The highest BCUT2D eigenvalue weighted by molar-refractivity contribution is 5.94. The topological polar surface area (TPSA) is 56.4 Å². The number of anilines is 1. The molecule has 0 saturated carbocycles. The predicted octanol–water partition coefficient (Wildman–Crippen LogP) is 3.16. The van der Waals surface area contributed by atoms with Crippen molar-refractivity contribution in [1.82, 2.24) is 9.88 Å². The van der Waals surface area contributed by atoms with Gasteiger partial charge in [0.2, 0.25) is 0 Å². The molecule has 0 aliphatic carbocycles. The van der Waals surface area contributed by atoms with Crippen LogP contribution in [0.5, 0.6) is 0 Å². The van der Waals surface area contributed by atoms with E-state index in [0.717, 1.165) is 18.8 Å². The second kappa shape index (κ2) is 7.36. The Labute approximate surface area is 154 Å². The molecule has 2 aromatic rings. The lowest BCUT2D eigenvalue weighted by Gasteiger charge is -2.41. The first-order chi connectivity index (χ1) is 12.4. The summed E-state index contributed by atoms with van der Waals surface area (Å²) in [7, 11) is 0. The number of benzene rings is 1. The van der Waals surface area contributed by atoms with Gasteiger partial charge in [0.1, 0.15) is 5.56 Å². The molecule has 1 aromatic heterocycles. The first-order valence-electron chi connectivity index (χ1n) is 9.23. The summed E-state index contributed by atoms with van der Waals surface area (Å²) in [5, 5.41) is 0. The summed E-state index contributed by atoms with van der Waals surface area (Å²) >= 11 is 0. The van der Waals surface area contributed by atoms with E-state index in [1.165, 1.54) is 11.3 Å². The predicted molar refractivity (Wildman–Crippen MR) is 105 cm³/mol. The molecule has 1 aromatic carbocycles. The number of carbonyl (C=O) groups excluding carboxylic acids is 1. The van der Waals surface area contributed by atoms with Crippen LogP contribution < -0.4 is 10.5 Å². The van der Waals surface area contributed by atoms with Gasteiger partial charge in [-0.15, -0.1) is 0 Å². The van der Waals surface area contributed by atoms with E-state index in [-0.39, 0.29) is 29.0 Å². The molecule has 0 unspecified atom stereocenters. The molecule has 1 amide bonds. The van der Waals surface area contributed by atoms with Gasteiger partial charge in [-0.1, -0.05) is 32.0 Å². The van der Waals surface area contributed by atoms with Crippen molar-refractivity contribution in [1.29, 1.82) is 0 Å². The standard InChI is InChI=1S/C21H27N3O2/c1-14(2)18-10-9-17(20(25)22-18)21(26)24-12-11-23(13-16(24)4)19-8-6-5-7-15(19)3/h5-10,14,16H,11-13H2,1-4H3,(H,22,25)/t16-/m0/s1. The molecule has 1 saturated heterocycles. The lowest BCUT2D eigenvalue weighted by molar-refractivity contribution is 0.0672. The minimum absolute atomic E-state index is 0.0417. The third kappa shape index (κ3) is 3.52. The fourth-order valence-corrected chi connectivity index (χ4v) is 3.55. The largest absolute Gasteiger partial charge is 0.367 e. The Kier molecular flexibility index (Phi) is 5.16. The molecule has 1 aliphatic heterocycles. The van der Waals surface area contributed by atoms with E-state index in [1.807, 2.05) is 43.9 Å². The first kappa shape index (κ1) is 18.2. The van der Waals surface area contributed by atoms with Gasteiger partial charge < -0.3 is 14.8 Å². The second-order valence-corrected chi connectivity index (χ2v) is 7.39. The number of amides is 1. The smallest absolute Gasteiger partial charge is 0.261 e. The van der Waals surface area contributed by atoms with Gasteiger partial charge in [-0.2, -0.15) is 0 Å². The normalized spacial score (nSPS) is 17.7. The summed E-state index contributed by atoms with van der Waals surface area (Å²) in [4.78, 5) is 32.2. The Hall–Kier alpha value is -2.56. The van der Waals surface area contributed by atoms with Crippen LogP contribution in [0.15, 0.2) is 41.2 Å². The fraction of sp³-hybridized carbons (Fsp3) is 0.429. The van der Waals surface area contributed by atoms with Crippen LogP contribution in [0.4, 0.5) is 5.69 Å². The van der Waals surface area contributed by atoms with Gasteiger partial charge in [0.05, 0.1) is 0 Å². The van der Waals surface area contributed by atoms with Gasteiger partial charge in [0.25, 0.3) is 11.5 Å². The molecule has 5 heteroatoms. The first-order valence-corrected chi connectivity index (χ1v) is 9.23. The molecule has 0 radical (unpaired) electrons. The molecule has 138 valence electrons. The van der Waals surface area contributed by atoms with E-state index in [1.54, 1.807) is 6.07 Å². The number of carbonyl (C=O) groups is 1. The maximum Gasteiger partial charge on any atom is 0.261 e. The molecule has 5 nitrogen and oxygen atoms in total. The summed E-state index contributed by atoms with van der Waals surface area (Å²) in [6.45, 7) is 10.3. The molecular formula is C21H27N3O2. The van der Waals surface area contributed by atoms with Crippen molar-refractivity contribution >= 4 is 11.6 Å². The molecule has 2 heterocycles. The van der Waals surface area contributed by atoms with Crippen LogP contribution >= 0.6 is 0 Å². The van der Waals surface area contributed by atoms with Gasteiger partial charge in [0.15, 0.2) is 0 Å². The van der Waals surface area contributed by atoms with Gasteiger partial charge in [-0.25, -0.2) is 0 Å². The lowest BCUT2D eigenvalue weighted by Crippen LogP contribution is -2.54. The number of aromatic amines is 1. The monoisotopic (exact) mass is 353 g/mol. The maximum absolute atomic E-state index is 12.9. The van der Waals surface area contributed by atoms with Crippen molar-refractivity contribution in [3.8, 4) is 0 Å². The van der Waals surface area contributed by atoms with Gasteiger partial charge in [0, 0.05) is 37.1 Å². The Morgan fingerprint density at radius 2 is 1.88 bits per heavy atom. The van der Waals surface area contributed by atoms with E-state index in [0.29, 0.717) is 6.54 Å². The molecule has 3 rings (SSSR count). The Bertz CT molecular complexity index is 856. The Balaban J connectivity index is 1.76. The van der Waals surface area contributed by atoms with E-state index in [4.69, 9.17) is 0 Å². The number of nitrogens with one attached hydrogen (secondary N) is 1. The van der Waals surface area contributed by atoms with Crippen molar-refractivity contribution in [3.63, 3.8) is 0 Å². The van der Waals surface area contributed by atoms with Crippen LogP contribution in [0.3, 0.4) is 0 Å². The number of rotatable bonds is 3. The average Bonchev–Trinajstić information content (AvgIpc) is 2.61. The van der Waals surface area contributed by atoms with Crippen molar-refractivity contribution < 1.29 is 4.79 Å². The number of para-hydroxylation sites is 1. The number of aromatic nitrogens is 1. The number of nitrogens with zero attached hydrogens (tertiary/aromatic N) is 2. The SMILES string of the molecule is Cc1ccccc1N1CCN(C(=O)c2ccc(C(C)C)[nH]c2=O)[C@@H](C)C1. The minimum atomic E-state index is -0.297. The van der Waals surface area contributed by atoms with Crippen LogP contribution in [0.25, 0.3) is 0 Å². The summed E-state index contributed by atoms with van der Waals surface area (Å²) < 4.78 is 0. The molecule has 1 atom stereocenters. The van der Waals surface area contributed by atoms with Gasteiger partial charge >= 0.3 is 0 Å². The third-order valence-electron chi connectivity index (χ3n) is 5.13. The maximum atomic E-state index is 12.9. The summed E-state index contributed by atoms with van der Waals surface area (Å²) in [6.07, 6.45) is 0. The summed E-state index contributed by atoms with van der Waals surface area (Å²) in [5.41, 5.74) is 3.23. The zero-order valence-corrected chi connectivity index (χ0v) is 16.0. The number of aryl methyl sites for hydroxylation is 1. The summed E-state index contributed by atoms with van der Waals surface area (Å²) in [6, 6.07) is 11.8. The van der Waals surface area contributed by atoms with Crippen molar-refractivity contribution in [3.05, 3.63) is 63.6 Å². The van der Waals surface area contributed by atoms with Crippen molar-refractivity contribution in [2.45, 2.75) is 39.7 Å². The van der Waals surface area contributed by atoms with Gasteiger partial charge in [-0.3, -0.25) is 9.59 Å². The highest BCUT2D eigenvalue weighted by Crippen LogP contribution is 2.23. The zero-order chi connectivity index (χ0) is 18.8. The van der Waals surface area contributed by atoms with Crippen LogP contribution in [-0.2, 0) is 0 Å². The van der Waals surface area contributed by atoms with E-state index in [2.05, 4.69) is 28.9 Å². The summed E-state index contributed by atoms with van der Waals surface area (Å²) in [5.74, 6) is 0.0434. The molecular weight excluding hydrogens is 326 g/mol. The number of hydrogen-bond acceptors (Lipinski definition) is 3. The number of hydrogen-bond donors (Lipinski definition) is 1. The highest BCUT2D eigenvalue weighted by Gasteiger charge is 2.29. The van der Waals surface area contributed by atoms with Crippen LogP contribution in [0.1, 0.15) is 48.3 Å². The Morgan fingerprint density at radius 3 is 2.50 bits per heavy atom. The molecule has 1 aliphatic rings. The molecule has 0 spiro atoms. The second-order valence-electron chi connectivity index (χ2n) is 7.39. The van der Waals surface area contributed by atoms with E-state index in [9.17, 15) is 9.59 Å². The highest BCUT2D eigenvalue weighted by atomic mass is 16.2. The fourth-order valence-electron chi connectivity index (χ4n) is 3.55. The molecule has 1 fully saturated rings. The third-order valence-corrected chi connectivity index (χ3v) is 5.13. The zero-order valence-electron chi connectivity index (χ0n) is 16.0. The van der Waals surface area contributed by atoms with Crippen molar-refractivity contribution in [2.24, 2.45) is 0 Å². The van der Waals surface area contributed by atoms with E-state index < -0.39 is 0 Å². The Morgan fingerprint density at radius 1 is 1.15 bits per heavy atom. The van der Waals surface area contributed by atoms with Crippen LogP contribution in [-0.4, -0.2) is 41.5 Å². The molecule has 0 bridgehead atoms. The van der Waals surface area contributed by atoms with E-state index >= 15 is 0 Å². The quantitative estimate of drug-likeness (QED) is 0.922. The molecule has 26 heavy (non-hydrogen) atoms. The van der Waals surface area contributed by atoms with Crippen molar-refractivity contribution in [2.75, 3.05) is 24.5 Å². The minimum Gasteiger partial charge on any atom is -0.367 e. The number of piperazine rings is 1. The lowest BCUT2D eigenvalue weighted by atomic mass is 10.1. The molecule has 1 N–H and O–H groups in total. The van der Waals surface area contributed by atoms with Crippen LogP contribution in [0, 0.1) is 6.92 Å². The average molecular weight is 353 g/mol. The van der Waals surface area contributed by atoms with Crippen LogP contribution in [0.2, 0.25) is 0 Å². The number of pyridine rings is 1. The van der Waals surface area contributed by atoms with Gasteiger partial charge in [-0.05, 0) is 43.5 Å².